The lowest BCUT2D eigenvalue weighted by molar-refractivity contribution is -0.174. The number of rotatable bonds is 5. The molecule has 20 heavy (non-hydrogen) atoms. The summed E-state index contributed by atoms with van der Waals surface area (Å²) in [6.07, 6.45) is -3.28. The summed E-state index contributed by atoms with van der Waals surface area (Å²) in [4.78, 5) is 0. The van der Waals surface area contributed by atoms with Gasteiger partial charge in [0, 0.05) is 29.7 Å². The van der Waals surface area contributed by atoms with Crippen molar-refractivity contribution >= 4 is 11.6 Å². The Bertz CT molecular complexity index is 479. The van der Waals surface area contributed by atoms with Gasteiger partial charge in [0.05, 0.1) is 6.61 Å². The first-order chi connectivity index (χ1) is 9.37. The summed E-state index contributed by atoms with van der Waals surface area (Å²) in [7, 11) is 0. The lowest BCUT2D eigenvalue weighted by Gasteiger charge is -2.16. The van der Waals surface area contributed by atoms with Gasteiger partial charge in [0.15, 0.2) is 0 Å². The quantitative estimate of drug-likeness (QED) is 0.849. The minimum absolute atomic E-state index is 0.0675. The summed E-state index contributed by atoms with van der Waals surface area (Å²) < 4.78 is 45.9. The molecule has 7 heteroatoms. The molecule has 0 saturated carbocycles. The summed E-state index contributed by atoms with van der Waals surface area (Å²) in [6.45, 7) is -0.758. The molecule has 0 aliphatic carbocycles. The van der Waals surface area contributed by atoms with Crippen molar-refractivity contribution in [1.29, 1.82) is 0 Å². The smallest absolute Gasteiger partial charge is 0.411 e. The van der Waals surface area contributed by atoms with E-state index < -0.39 is 18.8 Å². The molecule has 1 unspecified atom stereocenters. The molecular formula is C13H15ClF3NO2. The third-order valence-electron chi connectivity index (χ3n) is 3.02. The van der Waals surface area contributed by atoms with Gasteiger partial charge in [0.1, 0.15) is 12.4 Å². The maximum atomic E-state index is 11.9. The Balaban J connectivity index is 1.95. The zero-order valence-corrected chi connectivity index (χ0v) is 11.4. The third kappa shape index (κ3) is 4.01. The van der Waals surface area contributed by atoms with E-state index in [4.69, 9.17) is 22.1 Å². The van der Waals surface area contributed by atoms with Gasteiger partial charge >= 0.3 is 6.18 Å². The molecule has 0 bridgehead atoms. The average molecular weight is 310 g/mol. The van der Waals surface area contributed by atoms with Crippen molar-refractivity contribution in [3.8, 4) is 5.75 Å². The molecule has 1 aliphatic rings. The zero-order valence-electron chi connectivity index (χ0n) is 10.7. The van der Waals surface area contributed by atoms with Gasteiger partial charge in [-0.15, -0.1) is 0 Å². The van der Waals surface area contributed by atoms with E-state index in [2.05, 4.69) is 4.74 Å². The van der Waals surface area contributed by atoms with Crippen LogP contribution in [0.3, 0.4) is 0 Å². The van der Waals surface area contributed by atoms with Crippen LogP contribution in [0.1, 0.15) is 23.6 Å². The van der Waals surface area contributed by atoms with Crippen LogP contribution in [0.4, 0.5) is 13.2 Å². The van der Waals surface area contributed by atoms with Crippen molar-refractivity contribution < 1.29 is 22.6 Å². The summed E-state index contributed by atoms with van der Waals surface area (Å²) in [5.41, 5.74) is 7.69. The number of alkyl halides is 3. The van der Waals surface area contributed by atoms with Crippen molar-refractivity contribution in [3.63, 3.8) is 0 Å². The fraction of sp³-hybridized carbons (Fsp3) is 0.538. The fourth-order valence-electron chi connectivity index (χ4n) is 2.13. The minimum Gasteiger partial charge on any atom is -0.493 e. The summed E-state index contributed by atoms with van der Waals surface area (Å²) in [5.74, 6) is 0.706. The van der Waals surface area contributed by atoms with E-state index >= 15 is 0 Å². The van der Waals surface area contributed by atoms with E-state index in [9.17, 15) is 13.2 Å². The fourth-order valence-corrected chi connectivity index (χ4v) is 2.38. The summed E-state index contributed by atoms with van der Waals surface area (Å²) in [5, 5.41) is 0.552. The Kier molecular flexibility index (Phi) is 4.78. The van der Waals surface area contributed by atoms with Crippen LogP contribution in [0.25, 0.3) is 0 Å². The lowest BCUT2D eigenvalue weighted by atomic mass is 10.0. The highest BCUT2D eigenvalue weighted by Crippen LogP contribution is 2.36. The molecule has 2 N–H and O–H groups in total. The number of hydrogen-bond acceptors (Lipinski definition) is 3. The molecule has 0 saturated heterocycles. The van der Waals surface area contributed by atoms with E-state index in [1.807, 2.05) is 6.07 Å². The number of benzene rings is 1. The maximum Gasteiger partial charge on any atom is 0.411 e. The largest absolute Gasteiger partial charge is 0.493 e. The van der Waals surface area contributed by atoms with Crippen LogP contribution in [0.5, 0.6) is 5.75 Å². The van der Waals surface area contributed by atoms with E-state index in [0.29, 0.717) is 17.4 Å². The molecule has 0 fully saturated rings. The maximum absolute atomic E-state index is 11.9. The third-order valence-corrected chi connectivity index (χ3v) is 3.23. The minimum atomic E-state index is -4.31. The molecule has 3 nitrogen and oxygen atoms in total. The van der Waals surface area contributed by atoms with Crippen LogP contribution in [0, 0.1) is 0 Å². The predicted octanol–water partition coefficient (Wildman–Crippen LogP) is 3.24. The molecule has 1 aromatic rings. The normalized spacial score (nSPS) is 15.8. The van der Waals surface area contributed by atoms with Gasteiger partial charge in [-0.3, -0.25) is 0 Å². The van der Waals surface area contributed by atoms with Crippen LogP contribution in [0.2, 0.25) is 5.02 Å². The van der Waals surface area contributed by atoms with Gasteiger partial charge in [0.2, 0.25) is 0 Å². The average Bonchev–Trinajstić information content (AvgIpc) is 2.80. The van der Waals surface area contributed by atoms with Crippen molar-refractivity contribution in [3.05, 3.63) is 28.3 Å². The second kappa shape index (κ2) is 6.20. The van der Waals surface area contributed by atoms with Gasteiger partial charge in [-0.1, -0.05) is 11.6 Å². The molecule has 2 rings (SSSR count). The molecule has 1 heterocycles. The SMILES string of the molecule is NC(CCOCC(F)(F)F)c1cc(Cl)cc2c1OCC2. The lowest BCUT2D eigenvalue weighted by Crippen LogP contribution is -2.20. The van der Waals surface area contributed by atoms with Crippen LogP contribution in [0.15, 0.2) is 12.1 Å². The molecule has 0 aromatic heterocycles. The topological polar surface area (TPSA) is 44.5 Å². The first kappa shape index (κ1) is 15.4. The number of ether oxygens (including phenoxy) is 2. The number of nitrogens with two attached hydrogens (primary N) is 1. The summed E-state index contributed by atoms with van der Waals surface area (Å²) in [6, 6.07) is 3.05. The van der Waals surface area contributed by atoms with Gasteiger partial charge in [0.25, 0.3) is 0 Å². The van der Waals surface area contributed by atoms with Crippen LogP contribution < -0.4 is 10.5 Å². The number of halogens is 4. The van der Waals surface area contributed by atoms with E-state index in [1.165, 1.54) is 0 Å². The van der Waals surface area contributed by atoms with Gasteiger partial charge < -0.3 is 15.2 Å². The van der Waals surface area contributed by atoms with Crippen molar-refractivity contribution in [1.82, 2.24) is 0 Å². The first-order valence-electron chi connectivity index (χ1n) is 6.22. The van der Waals surface area contributed by atoms with Crippen LogP contribution in [-0.4, -0.2) is 26.0 Å². The molecule has 0 radical (unpaired) electrons. The van der Waals surface area contributed by atoms with E-state index in [1.54, 1.807) is 6.07 Å². The standard InChI is InChI=1S/C13H15ClF3NO2/c14-9-5-8-1-4-20-12(8)10(6-9)11(18)2-3-19-7-13(15,16)17/h5-6,11H,1-4,7,18H2. The molecule has 1 aliphatic heterocycles. The number of hydrogen-bond donors (Lipinski definition) is 1. The van der Waals surface area contributed by atoms with Crippen molar-refractivity contribution in [2.24, 2.45) is 5.73 Å². The van der Waals surface area contributed by atoms with Gasteiger partial charge in [-0.05, 0) is 24.1 Å². The van der Waals surface area contributed by atoms with E-state index in [-0.39, 0.29) is 13.0 Å². The molecule has 1 atom stereocenters. The van der Waals surface area contributed by atoms with Gasteiger partial charge in [-0.2, -0.15) is 13.2 Å². The van der Waals surface area contributed by atoms with Crippen LogP contribution in [-0.2, 0) is 11.2 Å². The molecule has 0 spiro atoms. The Hall–Kier alpha value is -0.980. The Morgan fingerprint density at radius 1 is 1.40 bits per heavy atom. The monoisotopic (exact) mass is 309 g/mol. The zero-order chi connectivity index (χ0) is 14.8. The Morgan fingerprint density at radius 2 is 2.15 bits per heavy atom. The highest BCUT2D eigenvalue weighted by Gasteiger charge is 2.27. The highest BCUT2D eigenvalue weighted by atomic mass is 35.5. The predicted molar refractivity (Wildman–Crippen MR) is 69.1 cm³/mol. The highest BCUT2D eigenvalue weighted by molar-refractivity contribution is 6.30. The van der Waals surface area contributed by atoms with Crippen molar-refractivity contribution in [2.45, 2.75) is 25.1 Å². The Labute approximate surface area is 119 Å². The first-order valence-corrected chi connectivity index (χ1v) is 6.60. The second-order valence-corrected chi connectivity index (χ2v) is 5.08. The number of fused-ring (bicyclic) bond motifs is 1. The van der Waals surface area contributed by atoms with Crippen LogP contribution >= 0.6 is 11.6 Å². The molecule has 0 amide bonds. The molecule has 112 valence electrons. The van der Waals surface area contributed by atoms with Crippen molar-refractivity contribution in [2.75, 3.05) is 19.8 Å². The molecular weight excluding hydrogens is 295 g/mol. The second-order valence-electron chi connectivity index (χ2n) is 4.64. The van der Waals surface area contributed by atoms with Gasteiger partial charge in [-0.25, -0.2) is 0 Å². The summed E-state index contributed by atoms with van der Waals surface area (Å²) >= 11 is 6.00. The Morgan fingerprint density at radius 3 is 2.85 bits per heavy atom. The molecule has 1 aromatic carbocycles. The van der Waals surface area contributed by atoms with E-state index in [0.717, 1.165) is 17.5 Å².